The average molecular weight is 405 g/mol. The number of carbonyl (C=O) groups is 2. The number of carbonyl (C=O) groups excluding carboxylic acids is 2. The smallest absolute Gasteiger partial charge is 0.259 e. The van der Waals surface area contributed by atoms with E-state index in [1.165, 1.54) is 0 Å². The molecule has 0 aliphatic rings. The number of ether oxygens (including phenoxy) is 1. The molecule has 0 unspecified atom stereocenters. The minimum Gasteiger partial charge on any atom is -0.493 e. The van der Waals surface area contributed by atoms with Crippen LogP contribution in [-0.4, -0.2) is 25.5 Å². The average Bonchev–Trinajstić information content (AvgIpc) is 2.62. The third-order valence-corrected chi connectivity index (χ3v) is 4.04. The molecule has 6 heteroatoms. The molecule has 25 heavy (non-hydrogen) atoms. The van der Waals surface area contributed by atoms with E-state index in [4.69, 9.17) is 4.74 Å². The lowest BCUT2D eigenvalue weighted by atomic mass is 10.1. The van der Waals surface area contributed by atoms with E-state index < -0.39 is 0 Å². The van der Waals surface area contributed by atoms with E-state index in [9.17, 15) is 9.59 Å². The largest absolute Gasteiger partial charge is 0.493 e. The van der Waals surface area contributed by atoms with Crippen molar-refractivity contribution in [1.82, 2.24) is 5.32 Å². The molecule has 0 heterocycles. The second kappa shape index (κ2) is 9.22. The van der Waals surface area contributed by atoms with Gasteiger partial charge in [0.05, 0.1) is 12.2 Å². The fourth-order valence-corrected chi connectivity index (χ4v) is 2.57. The predicted octanol–water partition coefficient (Wildman–Crippen LogP) is 4.24. The van der Waals surface area contributed by atoms with E-state index in [1.54, 1.807) is 43.4 Å². The van der Waals surface area contributed by atoms with Gasteiger partial charge < -0.3 is 15.4 Å². The molecular formula is C19H21BrN2O3. The molecule has 132 valence electrons. The van der Waals surface area contributed by atoms with Crippen LogP contribution in [0.4, 0.5) is 5.69 Å². The lowest BCUT2D eigenvalue weighted by Crippen LogP contribution is -2.18. The molecule has 2 amide bonds. The molecule has 0 bridgehead atoms. The van der Waals surface area contributed by atoms with Gasteiger partial charge in [-0.1, -0.05) is 35.3 Å². The van der Waals surface area contributed by atoms with Crippen molar-refractivity contribution in [2.45, 2.75) is 19.8 Å². The van der Waals surface area contributed by atoms with Crippen LogP contribution < -0.4 is 15.4 Å². The van der Waals surface area contributed by atoms with Crippen molar-refractivity contribution in [3.63, 3.8) is 0 Å². The van der Waals surface area contributed by atoms with Crippen LogP contribution in [0.2, 0.25) is 0 Å². The van der Waals surface area contributed by atoms with Crippen molar-refractivity contribution < 1.29 is 14.3 Å². The molecule has 0 spiro atoms. The van der Waals surface area contributed by atoms with Crippen LogP contribution in [0, 0.1) is 0 Å². The lowest BCUT2D eigenvalue weighted by Gasteiger charge is -2.12. The van der Waals surface area contributed by atoms with Gasteiger partial charge in [-0.25, -0.2) is 0 Å². The quantitative estimate of drug-likeness (QED) is 0.678. The Morgan fingerprint density at radius 3 is 2.64 bits per heavy atom. The maximum Gasteiger partial charge on any atom is 0.259 e. The first-order chi connectivity index (χ1) is 12.0. The van der Waals surface area contributed by atoms with Crippen LogP contribution in [0.1, 0.15) is 40.5 Å². The van der Waals surface area contributed by atoms with E-state index in [0.717, 1.165) is 17.3 Å². The van der Waals surface area contributed by atoms with Gasteiger partial charge in [-0.15, -0.1) is 0 Å². The van der Waals surface area contributed by atoms with Gasteiger partial charge in [0, 0.05) is 22.8 Å². The van der Waals surface area contributed by atoms with Crippen molar-refractivity contribution in [3.05, 3.63) is 58.1 Å². The fraction of sp³-hybridized carbons (Fsp3) is 0.263. The number of nitrogens with one attached hydrogen (secondary N) is 2. The minimum absolute atomic E-state index is 0.206. The highest BCUT2D eigenvalue weighted by atomic mass is 79.9. The fourth-order valence-electron chi connectivity index (χ4n) is 2.21. The summed E-state index contributed by atoms with van der Waals surface area (Å²) in [6.45, 7) is 2.64. The molecule has 0 aromatic heterocycles. The summed E-state index contributed by atoms with van der Waals surface area (Å²) < 4.78 is 6.52. The van der Waals surface area contributed by atoms with Crippen LogP contribution in [0.25, 0.3) is 0 Å². The molecule has 0 radical (unpaired) electrons. The Bertz CT molecular complexity index is 762. The van der Waals surface area contributed by atoms with Gasteiger partial charge in [-0.05, 0) is 42.8 Å². The lowest BCUT2D eigenvalue weighted by molar-refractivity contribution is 0.0961. The molecule has 2 aromatic carbocycles. The monoisotopic (exact) mass is 404 g/mol. The number of anilines is 1. The molecule has 0 saturated heterocycles. The van der Waals surface area contributed by atoms with Gasteiger partial charge in [0.25, 0.3) is 11.8 Å². The summed E-state index contributed by atoms with van der Waals surface area (Å²) in [6.07, 6.45) is 1.94. The van der Waals surface area contributed by atoms with Crippen LogP contribution >= 0.6 is 15.9 Å². The number of halogens is 1. The number of amides is 2. The van der Waals surface area contributed by atoms with Gasteiger partial charge in [-0.2, -0.15) is 0 Å². The number of hydrogen-bond donors (Lipinski definition) is 2. The second-order valence-electron chi connectivity index (χ2n) is 5.46. The summed E-state index contributed by atoms with van der Waals surface area (Å²) in [7, 11) is 1.56. The van der Waals surface area contributed by atoms with Crippen LogP contribution in [0.5, 0.6) is 5.75 Å². The maximum absolute atomic E-state index is 12.7. The van der Waals surface area contributed by atoms with Crippen molar-refractivity contribution in [1.29, 1.82) is 0 Å². The van der Waals surface area contributed by atoms with Crippen molar-refractivity contribution in [3.8, 4) is 5.75 Å². The van der Waals surface area contributed by atoms with Crippen molar-refractivity contribution in [2.75, 3.05) is 19.0 Å². The number of unbranched alkanes of at least 4 members (excludes halogenated alkanes) is 1. The first kappa shape index (κ1) is 19.0. The zero-order valence-corrected chi connectivity index (χ0v) is 15.9. The van der Waals surface area contributed by atoms with E-state index in [0.29, 0.717) is 29.2 Å². The number of rotatable bonds is 7. The van der Waals surface area contributed by atoms with Gasteiger partial charge in [0.1, 0.15) is 5.75 Å². The number of hydrogen-bond acceptors (Lipinski definition) is 3. The Morgan fingerprint density at radius 1 is 1.12 bits per heavy atom. The molecule has 2 N–H and O–H groups in total. The van der Waals surface area contributed by atoms with E-state index >= 15 is 0 Å². The summed E-state index contributed by atoms with van der Waals surface area (Å²) in [5.74, 6) is 0.0422. The highest BCUT2D eigenvalue weighted by Crippen LogP contribution is 2.25. The first-order valence-corrected chi connectivity index (χ1v) is 8.90. The number of benzene rings is 2. The van der Waals surface area contributed by atoms with Gasteiger partial charge in [-0.3, -0.25) is 9.59 Å². The first-order valence-electron chi connectivity index (χ1n) is 8.11. The Kier molecular flexibility index (Phi) is 7.01. The Labute approximate surface area is 155 Å². The third kappa shape index (κ3) is 5.32. The molecule has 0 fully saturated rings. The van der Waals surface area contributed by atoms with Gasteiger partial charge in [0.15, 0.2) is 0 Å². The predicted molar refractivity (Wildman–Crippen MR) is 102 cm³/mol. The van der Waals surface area contributed by atoms with E-state index in [-0.39, 0.29) is 11.8 Å². The van der Waals surface area contributed by atoms with Gasteiger partial charge >= 0.3 is 0 Å². The SMILES string of the molecule is CCCCOc1ccc(Br)cc1C(=O)Nc1cccc(C(=O)NC)c1. The summed E-state index contributed by atoms with van der Waals surface area (Å²) in [4.78, 5) is 24.4. The minimum atomic E-state index is -0.290. The molecule has 0 saturated carbocycles. The van der Waals surface area contributed by atoms with Crippen molar-refractivity contribution >= 4 is 33.4 Å². The summed E-state index contributed by atoms with van der Waals surface area (Å²) in [5.41, 5.74) is 1.47. The molecule has 0 aliphatic heterocycles. The molecule has 2 aromatic rings. The molecular weight excluding hydrogens is 384 g/mol. The van der Waals surface area contributed by atoms with E-state index in [2.05, 4.69) is 33.5 Å². The normalized spacial score (nSPS) is 10.2. The zero-order valence-electron chi connectivity index (χ0n) is 14.3. The summed E-state index contributed by atoms with van der Waals surface area (Å²) in [6, 6.07) is 12.1. The maximum atomic E-state index is 12.7. The second-order valence-corrected chi connectivity index (χ2v) is 6.37. The Morgan fingerprint density at radius 2 is 1.92 bits per heavy atom. The standard InChI is InChI=1S/C19H21BrN2O3/c1-3-4-10-25-17-9-8-14(20)12-16(17)19(24)22-15-7-5-6-13(11-15)18(23)21-2/h5-9,11-12H,3-4,10H2,1-2H3,(H,21,23)(H,22,24). The highest BCUT2D eigenvalue weighted by Gasteiger charge is 2.14. The Hall–Kier alpha value is -2.34. The molecule has 0 atom stereocenters. The third-order valence-electron chi connectivity index (χ3n) is 3.55. The molecule has 0 aliphatic carbocycles. The molecule has 2 rings (SSSR count). The van der Waals surface area contributed by atoms with Crippen LogP contribution in [0.3, 0.4) is 0 Å². The van der Waals surface area contributed by atoms with E-state index in [1.807, 2.05) is 6.07 Å². The zero-order chi connectivity index (χ0) is 18.2. The highest BCUT2D eigenvalue weighted by molar-refractivity contribution is 9.10. The summed E-state index contributed by atoms with van der Waals surface area (Å²) in [5, 5.41) is 5.38. The topological polar surface area (TPSA) is 67.4 Å². The van der Waals surface area contributed by atoms with Crippen LogP contribution in [-0.2, 0) is 0 Å². The molecule has 5 nitrogen and oxygen atoms in total. The van der Waals surface area contributed by atoms with Crippen molar-refractivity contribution in [2.24, 2.45) is 0 Å². The van der Waals surface area contributed by atoms with Crippen LogP contribution in [0.15, 0.2) is 46.9 Å². The Balaban J connectivity index is 2.20. The van der Waals surface area contributed by atoms with Gasteiger partial charge in [0.2, 0.25) is 0 Å². The summed E-state index contributed by atoms with van der Waals surface area (Å²) >= 11 is 3.38.